The standard InChI is InChI=1S/C17H17N3O4S/c1-9-8-25-17-18-10(2)14(16(22)20(9)17)19-15(21)12-6-5-11(23-3)7-13(12)24-4/h5-8H,1-4H3,(H,19,21). The molecule has 0 saturated heterocycles. The van der Waals surface area contributed by atoms with Crippen molar-refractivity contribution in [2.24, 2.45) is 0 Å². The van der Waals surface area contributed by atoms with Gasteiger partial charge in [-0.1, -0.05) is 0 Å². The Morgan fingerprint density at radius 1 is 1.24 bits per heavy atom. The number of benzene rings is 1. The van der Waals surface area contributed by atoms with Crippen molar-refractivity contribution in [1.29, 1.82) is 0 Å². The molecule has 2 heterocycles. The molecule has 0 atom stereocenters. The summed E-state index contributed by atoms with van der Waals surface area (Å²) in [5.74, 6) is 0.478. The number of rotatable bonds is 4. The zero-order chi connectivity index (χ0) is 18.1. The number of hydrogen-bond donors (Lipinski definition) is 1. The Hall–Kier alpha value is -2.87. The third kappa shape index (κ3) is 2.96. The van der Waals surface area contributed by atoms with Crippen LogP contribution >= 0.6 is 11.3 Å². The molecule has 25 heavy (non-hydrogen) atoms. The molecule has 7 nitrogen and oxygen atoms in total. The fourth-order valence-corrected chi connectivity index (χ4v) is 3.40. The van der Waals surface area contributed by atoms with E-state index in [1.165, 1.54) is 30.0 Å². The zero-order valence-electron chi connectivity index (χ0n) is 14.2. The first kappa shape index (κ1) is 17.0. The molecule has 0 radical (unpaired) electrons. The molecular weight excluding hydrogens is 342 g/mol. The number of hydrogen-bond acceptors (Lipinski definition) is 6. The molecule has 1 aromatic carbocycles. The van der Waals surface area contributed by atoms with Crippen molar-refractivity contribution in [3.63, 3.8) is 0 Å². The van der Waals surface area contributed by atoms with Crippen LogP contribution in [0.3, 0.4) is 0 Å². The van der Waals surface area contributed by atoms with E-state index >= 15 is 0 Å². The topological polar surface area (TPSA) is 81.9 Å². The van der Waals surface area contributed by atoms with Crippen molar-refractivity contribution in [3.8, 4) is 11.5 Å². The lowest BCUT2D eigenvalue weighted by Crippen LogP contribution is -2.25. The number of anilines is 1. The summed E-state index contributed by atoms with van der Waals surface area (Å²) in [6.45, 7) is 3.51. The van der Waals surface area contributed by atoms with Crippen LogP contribution in [0.5, 0.6) is 11.5 Å². The van der Waals surface area contributed by atoms with Crippen LogP contribution in [-0.4, -0.2) is 29.5 Å². The van der Waals surface area contributed by atoms with Crippen molar-refractivity contribution in [1.82, 2.24) is 9.38 Å². The molecule has 0 saturated carbocycles. The molecule has 0 aliphatic heterocycles. The minimum Gasteiger partial charge on any atom is -0.497 e. The Kier molecular flexibility index (Phi) is 4.45. The molecule has 130 valence electrons. The second-order valence-electron chi connectivity index (χ2n) is 5.39. The lowest BCUT2D eigenvalue weighted by molar-refractivity contribution is 0.102. The summed E-state index contributed by atoms with van der Waals surface area (Å²) < 4.78 is 11.9. The van der Waals surface area contributed by atoms with Gasteiger partial charge in [-0.15, -0.1) is 11.3 Å². The van der Waals surface area contributed by atoms with Gasteiger partial charge in [0.2, 0.25) is 0 Å². The number of aryl methyl sites for hydroxylation is 2. The van der Waals surface area contributed by atoms with E-state index in [0.717, 1.165) is 5.69 Å². The predicted molar refractivity (Wildman–Crippen MR) is 96.3 cm³/mol. The highest BCUT2D eigenvalue weighted by atomic mass is 32.1. The third-order valence-electron chi connectivity index (χ3n) is 3.81. The van der Waals surface area contributed by atoms with Gasteiger partial charge in [0.05, 0.1) is 25.5 Å². The van der Waals surface area contributed by atoms with Gasteiger partial charge in [0, 0.05) is 17.1 Å². The third-order valence-corrected chi connectivity index (χ3v) is 4.76. The summed E-state index contributed by atoms with van der Waals surface area (Å²) in [7, 11) is 3.00. The van der Waals surface area contributed by atoms with E-state index in [4.69, 9.17) is 9.47 Å². The fraction of sp³-hybridized carbons (Fsp3) is 0.235. The van der Waals surface area contributed by atoms with Crippen LogP contribution in [0.1, 0.15) is 21.7 Å². The van der Waals surface area contributed by atoms with Gasteiger partial charge >= 0.3 is 0 Å². The maximum Gasteiger partial charge on any atom is 0.282 e. The van der Waals surface area contributed by atoms with Crippen molar-refractivity contribution in [2.75, 3.05) is 19.5 Å². The molecule has 0 aliphatic carbocycles. The molecule has 3 aromatic rings. The maximum absolute atomic E-state index is 12.7. The van der Waals surface area contributed by atoms with E-state index in [0.29, 0.717) is 27.7 Å². The number of thiazole rings is 1. The van der Waals surface area contributed by atoms with E-state index in [-0.39, 0.29) is 11.2 Å². The normalized spacial score (nSPS) is 10.7. The Morgan fingerprint density at radius 2 is 2.00 bits per heavy atom. The Morgan fingerprint density at radius 3 is 2.68 bits per heavy atom. The summed E-state index contributed by atoms with van der Waals surface area (Å²) in [5.41, 5.74) is 1.39. The first-order valence-electron chi connectivity index (χ1n) is 7.47. The second-order valence-corrected chi connectivity index (χ2v) is 6.23. The lowest BCUT2D eigenvalue weighted by atomic mass is 10.1. The first-order chi connectivity index (χ1) is 12.0. The van der Waals surface area contributed by atoms with Gasteiger partial charge in [-0.05, 0) is 26.0 Å². The smallest absolute Gasteiger partial charge is 0.282 e. The maximum atomic E-state index is 12.7. The highest BCUT2D eigenvalue weighted by molar-refractivity contribution is 7.15. The highest BCUT2D eigenvalue weighted by Gasteiger charge is 2.18. The number of ether oxygens (including phenoxy) is 2. The molecule has 0 bridgehead atoms. The molecule has 2 aromatic heterocycles. The zero-order valence-corrected chi connectivity index (χ0v) is 15.1. The molecule has 8 heteroatoms. The summed E-state index contributed by atoms with van der Waals surface area (Å²) in [4.78, 5) is 30.4. The lowest BCUT2D eigenvalue weighted by Gasteiger charge is -2.12. The minimum absolute atomic E-state index is 0.155. The van der Waals surface area contributed by atoms with Crippen LogP contribution in [-0.2, 0) is 0 Å². The van der Waals surface area contributed by atoms with Crippen LogP contribution in [0, 0.1) is 13.8 Å². The number of nitrogens with one attached hydrogen (secondary N) is 1. The summed E-state index contributed by atoms with van der Waals surface area (Å²) >= 11 is 1.38. The minimum atomic E-state index is -0.450. The van der Waals surface area contributed by atoms with E-state index in [9.17, 15) is 9.59 Å². The van der Waals surface area contributed by atoms with Crippen molar-refractivity contribution in [2.45, 2.75) is 13.8 Å². The first-order valence-corrected chi connectivity index (χ1v) is 8.35. The molecule has 0 spiro atoms. The van der Waals surface area contributed by atoms with Crippen LogP contribution in [0.4, 0.5) is 5.69 Å². The monoisotopic (exact) mass is 359 g/mol. The molecule has 3 rings (SSSR count). The van der Waals surface area contributed by atoms with Crippen molar-refractivity contribution >= 4 is 27.9 Å². The number of carbonyl (C=O) groups is 1. The van der Waals surface area contributed by atoms with Crippen LogP contribution in [0.15, 0.2) is 28.4 Å². The van der Waals surface area contributed by atoms with Gasteiger partial charge in [0.15, 0.2) is 4.96 Å². The predicted octanol–water partition coefficient (Wildman–Crippen LogP) is 2.64. The SMILES string of the molecule is COc1ccc(C(=O)Nc2c(C)nc3scc(C)n3c2=O)c(OC)c1. The molecule has 0 aliphatic rings. The van der Waals surface area contributed by atoms with Gasteiger partial charge in [-0.3, -0.25) is 14.0 Å². The van der Waals surface area contributed by atoms with Gasteiger partial charge in [0.25, 0.3) is 11.5 Å². The number of fused-ring (bicyclic) bond motifs is 1. The van der Waals surface area contributed by atoms with Crippen LogP contribution < -0.4 is 20.3 Å². The quantitative estimate of drug-likeness (QED) is 0.774. The average Bonchev–Trinajstić information content (AvgIpc) is 2.98. The fourth-order valence-electron chi connectivity index (χ4n) is 2.49. The van der Waals surface area contributed by atoms with E-state index in [1.54, 1.807) is 25.1 Å². The Bertz CT molecular complexity index is 1020. The van der Waals surface area contributed by atoms with E-state index < -0.39 is 5.91 Å². The Labute approximate surface area is 147 Å². The van der Waals surface area contributed by atoms with Gasteiger partial charge < -0.3 is 14.8 Å². The number of carbonyl (C=O) groups excluding carboxylic acids is 1. The average molecular weight is 359 g/mol. The van der Waals surface area contributed by atoms with Gasteiger partial charge in [0.1, 0.15) is 17.2 Å². The largest absolute Gasteiger partial charge is 0.497 e. The summed E-state index contributed by atoms with van der Waals surface area (Å²) in [5, 5.41) is 4.51. The molecule has 1 amide bonds. The number of amides is 1. The summed E-state index contributed by atoms with van der Waals surface area (Å²) in [6.07, 6.45) is 0. The number of aromatic nitrogens is 2. The Balaban J connectivity index is 2.03. The molecule has 1 N–H and O–H groups in total. The summed E-state index contributed by atoms with van der Waals surface area (Å²) in [6, 6.07) is 4.85. The number of methoxy groups -OCH3 is 2. The van der Waals surface area contributed by atoms with Crippen LogP contribution in [0.2, 0.25) is 0 Å². The van der Waals surface area contributed by atoms with E-state index in [1.807, 2.05) is 12.3 Å². The van der Waals surface area contributed by atoms with E-state index in [2.05, 4.69) is 10.3 Å². The highest BCUT2D eigenvalue weighted by Crippen LogP contribution is 2.25. The van der Waals surface area contributed by atoms with Gasteiger partial charge in [-0.25, -0.2) is 4.98 Å². The second kappa shape index (κ2) is 6.56. The van der Waals surface area contributed by atoms with Gasteiger partial charge in [-0.2, -0.15) is 0 Å². The molecule has 0 unspecified atom stereocenters. The molecular formula is C17H17N3O4S. The number of nitrogens with zero attached hydrogens (tertiary/aromatic N) is 2. The van der Waals surface area contributed by atoms with Crippen LogP contribution in [0.25, 0.3) is 4.96 Å². The molecule has 0 fully saturated rings. The van der Waals surface area contributed by atoms with Crippen molar-refractivity contribution < 1.29 is 14.3 Å². The van der Waals surface area contributed by atoms with Crippen molar-refractivity contribution in [3.05, 3.63) is 50.9 Å².